The van der Waals surface area contributed by atoms with Gasteiger partial charge in [-0.15, -0.1) is 0 Å². The zero-order chi connectivity index (χ0) is 20.8. The highest BCUT2D eigenvalue weighted by Gasteiger charge is 2.41. The van der Waals surface area contributed by atoms with Gasteiger partial charge in [-0.25, -0.2) is 0 Å². The van der Waals surface area contributed by atoms with E-state index in [2.05, 4.69) is 25.3 Å². The van der Waals surface area contributed by atoms with Gasteiger partial charge >= 0.3 is 0 Å². The van der Waals surface area contributed by atoms with Crippen molar-refractivity contribution in [3.05, 3.63) is 36.8 Å². The highest BCUT2D eigenvalue weighted by molar-refractivity contribution is 5.99. The first-order chi connectivity index (χ1) is 15.2. The van der Waals surface area contributed by atoms with E-state index in [9.17, 15) is 0 Å². The lowest BCUT2D eigenvalue weighted by Gasteiger charge is -2.46. The summed E-state index contributed by atoms with van der Waals surface area (Å²) in [6, 6.07) is 6.38. The van der Waals surface area contributed by atoms with Crippen LogP contribution in [0.3, 0.4) is 0 Å². The lowest BCUT2D eigenvalue weighted by atomic mass is 9.77. The number of methoxy groups -OCH3 is 1. The van der Waals surface area contributed by atoms with Crippen LogP contribution in [0.5, 0.6) is 5.88 Å². The quantitative estimate of drug-likeness (QED) is 0.517. The van der Waals surface area contributed by atoms with Gasteiger partial charge in [0.15, 0.2) is 0 Å². The lowest BCUT2D eigenvalue weighted by molar-refractivity contribution is -0.165. The third kappa shape index (κ3) is 3.18. The average Bonchev–Trinajstić information content (AvgIpc) is 3.22. The molecule has 1 saturated carbocycles. The molecule has 2 fully saturated rings. The van der Waals surface area contributed by atoms with Gasteiger partial charge in [-0.1, -0.05) is 6.07 Å². The van der Waals surface area contributed by atoms with Crippen LogP contribution in [-0.2, 0) is 4.74 Å². The van der Waals surface area contributed by atoms with Gasteiger partial charge in [0.25, 0.3) is 0 Å². The summed E-state index contributed by atoms with van der Waals surface area (Å²) < 4.78 is 11.5. The summed E-state index contributed by atoms with van der Waals surface area (Å²) in [6.45, 7) is 0.911. The molecular formula is C23H24N6O2. The summed E-state index contributed by atoms with van der Waals surface area (Å²) >= 11 is 0. The van der Waals surface area contributed by atoms with E-state index in [0.717, 1.165) is 65.5 Å². The van der Waals surface area contributed by atoms with Crippen molar-refractivity contribution in [1.29, 1.82) is 0 Å². The van der Waals surface area contributed by atoms with E-state index in [1.807, 2.05) is 24.4 Å². The van der Waals surface area contributed by atoms with Gasteiger partial charge in [0.05, 0.1) is 35.7 Å². The molecule has 0 bridgehead atoms. The summed E-state index contributed by atoms with van der Waals surface area (Å²) in [7, 11) is 1.65. The van der Waals surface area contributed by atoms with Crippen LogP contribution in [0.1, 0.15) is 32.1 Å². The Morgan fingerprint density at radius 1 is 1.10 bits per heavy atom. The summed E-state index contributed by atoms with van der Waals surface area (Å²) in [4.78, 5) is 21.5. The molecule has 8 nitrogen and oxygen atoms in total. The summed E-state index contributed by atoms with van der Waals surface area (Å²) in [5.74, 6) is 1.15. The van der Waals surface area contributed by atoms with Crippen molar-refractivity contribution in [2.45, 2.75) is 43.7 Å². The summed E-state index contributed by atoms with van der Waals surface area (Å²) in [5.41, 5.74) is 4.60. The predicted molar refractivity (Wildman–Crippen MR) is 118 cm³/mol. The number of rotatable bonds is 4. The Kier molecular flexibility index (Phi) is 4.27. The number of ether oxygens (including phenoxy) is 2. The van der Waals surface area contributed by atoms with Crippen LogP contribution >= 0.6 is 0 Å². The minimum absolute atomic E-state index is 0.152. The fourth-order valence-corrected chi connectivity index (χ4v) is 4.83. The molecule has 0 atom stereocenters. The first kappa shape index (κ1) is 18.5. The standard InChI is InChI=1S/C23H24N6O2/c1-30-21-19-16(14-2-3-17-18(12-14)25-10-9-24-17)13-26-20(19)28-22(29-21)27-15-4-6-23(7-5-15)8-11-31-23/h2-3,9-10,12-13,15H,4-8,11H2,1H3,(H2,26,27,28,29). The van der Waals surface area contributed by atoms with Gasteiger partial charge in [-0.3, -0.25) is 9.97 Å². The molecule has 6 rings (SSSR count). The molecule has 1 saturated heterocycles. The van der Waals surface area contributed by atoms with E-state index >= 15 is 0 Å². The number of nitrogens with one attached hydrogen (secondary N) is 2. The molecule has 0 unspecified atom stereocenters. The molecule has 4 aromatic rings. The van der Waals surface area contributed by atoms with E-state index in [0.29, 0.717) is 17.9 Å². The third-order valence-corrected chi connectivity index (χ3v) is 6.67. The highest BCUT2D eigenvalue weighted by atomic mass is 16.5. The van der Waals surface area contributed by atoms with Crippen LogP contribution < -0.4 is 10.1 Å². The molecule has 2 aliphatic rings. The molecule has 2 N–H and O–H groups in total. The summed E-state index contributed by atoms with van der Waals surface area (Å²) in [6.07, 6.45) is 10.9. The minimum Gasteiger partial charge on any atom is -0.480 e. The minimum atomic E-state index is 0.152. The van der Waals surface area contributed by atoms with Crippen LogP contribution in [0.15, 0.2) is 36.8 Å². The number of hydrogen-bond acceptors (Lipinski definition) is 7. The Hall–Kier alpha value is -3.26. The number of aromatic amines is 1. The number of fused-ring (bicyclic) bond motifs is 2. The van der Waals surface area contributed by atoms with Gasteiger partial charge < -0.3 is 19.8 Å². The van der Waals surface area contributed by atoms with Gasteiger partial charge in [-0.05, 0) is 49.8 Å². The highest BCUT2D eigenvalue weighted by Crippen LogP contribution is 2.41. The molecule has 1 aliphatic heterocycles. The lowest BCUT2D eigenvalue weighted by Crippen LogP contribution is -2.48. The van der Waals surface area contributed by atoms with E-state index in [4.69, 9.17) is 14.5 Å². The summed E-state index contributed by atoms with van der Waals surface area (Å²) in [5, 5.41) is 4.37. The number of H-pyrrole nitrogens is 1. The van der Waals surface area contributed by atoms with Crippen molar-refractivity contribution >= 4 is 28.0 Å². The number of aromatic nitrogens is 5. The number of anilines is 1. The fraction of sp³-hybridized carbons (Fsp3) is 0.391. The maximum absolute atomic E-state index is 5.83. The third-order valence-electron chi connectivity index (χ3n) is 6.67. The molecule has 1 spiro atoms. The monoisotopic (exact) mass is 416 g/mol. The Morgan fingerprint density at radius 2 is 1.90 bits per heavy atom. The zero-order valence-corrected chi connectivity index (χ0v) is 17.4. The van der Waals surface area contributed by atoms with Crippen LogP contribution in [0.4, 0.5) is 5.95 Å². The second kappa shape index (κ2) is 7.16. The maximum atomic E-state index is 5.83. The van der Waals surface area contributed by atoms with Gasteiger partial charge in [0.1, 0.15) is 5.65 Å². The van der Waals surface area contributed by atoms with Crippen LogP contribution in [0.25, 0.3) is 33.2 Å². The predicted octanol–water partition coefficient (Wildman–Crippen LogP) is 4.09. The SMILES string of the molecule is COc1nc(NC2CCC3(CCO3)CC2)nc2[nH]cc(-c3ccc4nccnc4c3)c12. The largest absolute Gasteiger partial charge is 0.480 e. The molecule has 31 heavy (non-hydrogen) atoms. The van der Waals surface area contributed by atoms with Crippen molar-refractivity contribution in [1.82, 2.24) is 24.9 Å². The van der Waals surface area contributed by atoms with Crippen molar-refractivity contribution in [2.24, 2.45) is 0 Å². The Bertz CT molecular complexity index is 1260. The van der Waals surface area contributed by atoms with Crippen molar-refractivity contribution in [2.75, 3.05) is 19.0 Å². The van der Waals surface area contributed by atoms with Gasteiger partial charge in [-0.2, -0.15) is 9.97 Å². The molecule has 0 amide bonds. The van der Waals surface area contributed by atoms with E-state index < -0.39 is 0 Å². The van der Waals surface area contributed by atoms with Crippen LogP contribution in [0.2, 0.25) is 0 Å². The normalized spacial score (nSPS) is 23.2. The zero-order valence-electron chi connectivity index (χ0n) is 17.4. The molecule has 8 heteroatoms. The molecule has 1 aromatic carbocycles. The van der Waals surface area contributed by atoms with Gasteiger partial charge in [0, 0.05) is 30.2 Å². The van der Waals surface area contributed by atoms with Crippen molar-refractivity contribution in [3.63, 3.8) is 0 Å². The maximum Gasteiger partial charge on any atom is 0.228 e. The Balaban J connectivity index is 1.31. The fourth-order valence-electron chi connectivity index (χ4n) is 4.83. The van der Waals surface area contributed by atoms with Crippen molar-refractivity contribution in [3.8, 4) is 17.0 Å². The number of benzene rings is 1. The molecular weight excluding hydrogens is 392 g/mol. The molecule has 3 aromatic heterocycles. The first-order valence-corrected chi connectivity index (χ1v) is 10.8. The molecule has 4 heterocycles. The molecule has 1 aliphatic carbocycles. The van der Waals surface area contributed by atoms with Gasteiger partial charge in [0.2, 0.25) is 11.8 Å². The molecule has 0 radical (unpaired) electrons. The van der Waals surface area contributed by atoms with E-state index in [-0.39, 0.29) is 5.60 Å². The van der Waals surface area contributed by atoms with E-state index in [1.165, 1.54) is 6.42 Å². The smallest absolute Gasteiger partial charge is 0.228 e. The van der Waals surface area contributed by atoms with Crippen molar-refractivity contribution < 1.29 is 9.47 Å². The average molecular weight is 416 g/mol. The van der Waals surface area contributed by atoms with Crippen LogP contribution in [-0.4, -0.2) is 50.3 Å². The number of hydrogen-bond donors (Lipinski definition) is 2. The molecule has 158 valence electrons. The Morgan fingerprint density at radius 3 is 2.65 bits per heavy atom. The topological polar surface area (TPSA) is 97.8 Å². The first-order valence-electron chi connectivity index (χ1n) is 10.8. The van der Waals surface area contributed by atoms with Crippen LogP contribution in [0, 0.1) is 0 Å². The second-order valence-corrected chi connectivity index (χ2v) is 8.44. The second-order valence-electron chi connectivity index (χ2n) is 8.44. The van der Waals surface area contributed by atoms with E-state index in [1.54, 1.807) is 19.5 Å². The Labute approximate surface area is 179 Å². The number of nitrogens with zero attached hydrogens (tertiary/aromatic N) is 4.